The van der Waals surface area contributed by atoms with Crippen LogP contribution in [-0.2, 0) is 0 Å². The molecule has 0 N–H and O–H groups in total. The van der Waals surface area contributed by atoms with Crippen LogP contribution >= 0.6 is 23.2 Å². The largest absolute Gasteiger partial charge is 0.107 e. The zero-order valence-electron chi connectivity index (χ0n) is 9.20. The highest BCUT2D eigenvalue weighted by atomic mass is 35.5. The molecule has 0 fully saturated rings. The first-order valence-corrected chi connectivity index (χ1v) is 7.30. The first-order chi connectivity index (χ1) is 6.56. The number of rotatable bonds is 9. The Balaban J connectivity index is 3.03. The highest BCUT2D eigenvalue weighted by molar-refractivity contribution is 6.65. The monoisotopic (exact) mass is 252 g/mol. The van der Waals surface area contributed by atoms with Gasteiger partial charge in [0.1, 0.15) is 0 Å². The molecule has 0 bridgehead atoms. The molecule has 84 valence electrons. The van der Waals surface area contributed by atoms with Crippen LogP contribution in [0.25, 0.3) is 0 Å². The minimum absolute atomic E-state index is 0.386. The molecule has 3 heteroatoms. The lowest BCUT2D eigenvalue weighted by molar-refractivity contribution is 0.584. The lowest BCUT2D eigenvalue weighted by Crippen LogP contribution is -2.11. The number of alkyl halides is 2. The predicted molar refractivity (Wildman–Crippen MR) is 71.5 cm³/mol. The number of allylic oxidation sites excluding steroid dienone is 1. The normalized spacial score (nSPS) is 11.9. The Hall–Kier alpha value is 0.537. The molecule has 0 rings (SSSR count). The topological polar surface area (TPSA) is 0 Å². The molecule has 0 atom stereocenters. The molecule has 0 saturated heterocycles. The lowest BCUT2D eigenvalue weighted by atomic mass is 10.1. The lowest BCUT2D eigenvalue weighted by Gasteiger charge is -2.12. The van der Waals surface area contributed by atoms with Crippen molar-refractivity contribution in [2.24, 2.45) is 0 Å². The fourth-order valence-electron chi connectivity index (χ4n) is 1.43. The average molecular weight is 253 g/mol. The molecule has 0 spiro atoms. The molecule has 0 aliphatic rings. The second kappa shape index (κ2) is 8.81. The van der Waals surface area contributed by atoms with Gasteiger partial charge in [-0.15, -0.1) is 29.8 Å². The Kier molecular flexibility index (Phi) is 9.15. The maximum Gasteiger partial charge on any atom is 0.0972 e. The van der Waals surface area contributed by atoms with Crippen molar-refractivity contribution < 1.29 is 0 Å². The molecule has 0 aromatic carbocycles. The smallest absolute Gasteiger partial charge is 0.0972 e. The van der Waals surface area contributed by atoms with Crippen molar-refractivity contribution in [2.75, 3.05) is 0 Å². The molecular formula is C11H22Cl2Si. The number of halogens is 2. The number of unbranched alkanes of at least 4 members (excludes halogenated alkanes) is 6. The van der Waals surface area contributed by atoms with Crippen LogP contribution in [0.3, 0.4) is 0 Å². The third-order valence-electron chi connectivity index (χ3n) is 2.27. The van der Waals surface area contributed by atoms with E-state index in [0.29, 0.717) is 0 Å². The van der Waals surface area contributed by atoms with Crippen LogP contribution in [-0.4, -0.2) is 14.2 Å². The Morgan fingerprint density at radius 1 is 1.00 bits per heavy atom. The summed E-state index contributed by atoms with van der Waals surface area (Å²) in [6, 6.07) is 0. The molecule has 0 aliphatic heterocycles. The van der Waals surface area contributed by atoms with Crippen LogP contribution in [0.15, 0.2) is 12.7 Å². The van der Waals surface area contributed by atoms with E-state index in [1.807, 2.05) is 6.08 Å². The maximum absolute atomic E-state index is 5.93. The second-order valence-corrected chi connectivity index (χ2v) is 8.86. The van der Waals surface area contributed by atoms with Crippen molar-refractivity contribution in [1.29, 1.82) is 0 Å². The molecular weight excluding hydrogens is 231 g/mol. The van der Waals surface area contributed by atoms with E-state index in [4.69, 9.17) is 23.2 Å². The summed E-state index contributed by atoms with van der Waals surface area (Å²) in [6.45, 7) is 3.71. The second-order valence-electron chi connectivity index (χ2n) is 4.02. The van der Waals surface area contributed by atoms with E-state index in [2.05, 4.69) is 6.58 Å². The highest BCUT2D eigenvalue weighted by Gasteiger charge is 2.14. The molecule has 0 aromatic rings. The SMILES string of the molecule is C=CCCCCCCCCC([SiH3])(Cl)Cl. The summed E-state index contributed by atoms with van der Waals surface area (Å²) < 4.78 is -0.386. The number of hydrogen-bond acceptors (Lipinski definition) is 0. The van der Waals surface area contributed by atoms with Crippen LogP contribution in [0.2, 0.25) is 0 Å². The molecule has 0 saturated carbocycles. The summed E-state index contributed by atoms with van der Waals surface area (Å²) in [5, 5.41) is 0. The van der Waals surface area contributed by atoms with Gasteiger partial charge >= 0.3 is 0 Å². The van der Waals surface area contributed by atoms with Crippen molar-refractivity contribution in [3.8, 4) is 0 Å². The summed E-state index contributed by atoms with van der Waals surface area (Å²) in [7, 11) is 0.868. The molecule has 0 unspecified atom stereocenters. The van der Waals surface area contributed by atoms with E-state index in [-0.39, 0.29) is 3.96 Å². The first kappa shape index (κ1) is 14.5. The van der Waals surface area contributed by atoms with Gasteiger partial charge in [-0.3, -0.25) is 0 Å². The van der Waals surface area contributed by atoms with E-state index in [9.17, 15) is 0 Å². The van der Waals surface area contributed by atoms with E-state index < -0.39 is 0 Å². The van der Waals surface area contributed by atoms with Gasteiger partial charge < -0.3 is 0 Å². The van der Waals surface area contributed by atoms with Gasteiger partial charge in [0.15, 0.2) is 0 Å². The van der Waals surface area contributed by atoms with Crippen molar-refractivity contribution in [3.05, 3.63) is 12.7 Å². The average Bonchev–Trinajstić information content (AvgIpc) is 2.08. The van der Waals surface area contributed by atoms with E-state index in [1.54, 1.807) is 0 Å². The zero-order chi connectivity index (χ0) is 10.9. The number of hydrogen-bond donors (Lipinski definition) is 0. The third-order valence-corrected chi connectivity index (χ3v) is 3.15. The van der Waals surface area contributed by atoms with Crippen LogP contribution in [0.5, 0.6) is 0 Å². The van der Waals surface area contributed by atoms with Crippen molar-refractivity contribution in [2.45, 2.75) is 55.3 Å². The summed E-state index contributed by atoms with van der Waals surface area (Å²) in [5.41, 5.74) is 0. The Labute approximate surface area is 101 Å². The Morgan fingerprint density at radius 3 is 2.00 bits per heavy atom. The van der Waals surface area contributed by atoms with Gasteiger partial charge in [0.25, 0.3) is 0 Å². The predicted octanol–water partition coefficient (Wildman–Crippen LogP) is 3.79. The van der Waals surface area contributed by atoms with Crippen molar-refractivity contribution >= 4 is 33.4 Å². The molecule has 0 aliphatic carbocycles. The van der Waals surface area contributed by atoms with E-state index in [0.717, 1.165) is 23.1 Å². The van der Waals surface area contributed by atoms with Crippen molar-refractivity contribution in [1.82, 2.24) is 0 Å². The third kappa shape index (κ3) is 12.5. The van der Waals surface area contributed by atoms with Gasteiger partial charge in [-0.2, -0.15) is 0 Å². The molecule has 14 heavy (non-hydrogen) atoms. The summed E-state index contributed by atoms with van der Waals surface area (Å²) in [6.07, 6.45) is 11.9. The molecule has 0 amide bonds. The maximum atomic E-state index is 5.93. The van der Waals surface area contributed by atoms with Gasteiger partial charge in [0, 0.05) is 10.2 Å². The van der Waals surface area contributed by atoms with E-state index >= 15 is 0 Å². The Bertz CT molecular complexity index is 141. The molecule has 0 aromatic heterocycles. The minimum Gasteiger partial charge on any atom is -0.107 e. The summed E-state index contributed by atoms with van der Waals surface area (Å²) >= 11 is 11.9. The van der Waals surface area contributed by atoms with Gasteiger partial charge in [0.2, 0.25) is 0 Å². The molecule has 0 heterocycles. The molecule has 0 radical (unpaired) electrons. The van der Waals surface area contributed by atoms with Crippen LogP contribution in [0.1, 0.15) is 51.4 Å². The Morgan fingerprint density at radius 2 is 1.50 bits per heavy atom. The van der Waals surface area contributed by atoms with E-state index in [1.165, 1.54) is 38.5 Å². The zero-order valence-corrected chi connectivity index (χ0v) is 12.7. The minimum atomic E-state index is -0.386. The van der Waals surface area contributed by atoms with Gasteiger partial charge in [-0.1, -0.05) is 38.2 Å². The standard InChI is InChI=1S/C11H22Cl2Si/c1-2-3-4-5-6-7-8-9-10-11(12,13)14/h2H,1,3-10H2,14H3. The van der Waals surface area contributed by atoms with Crippen LogP contribution in [0.4, 0.5) is 0 Å². The summed E-state index contributed by atoms with van der Waals surface area (Å²) in [5.74, 6) is 0. The molecule has 0 nitrogen and oxygen atoms in total. The highest BCUT2D eigenvalue weighted by Crippen LogP contribution is 2.23. The van der Waals surface area contributed by atoms with Crippen LogP contribution < -0.4 is 0 Å². The fraction of sp³-hybridized carbons (Fsp3) is 0.818. The van der Waals surface area contributed by atoms with Gasteiger partial charge in [0.05, 0.1) is 3.96 Å². The fourth-order valence-corrected chi connectivity index (χ4v) is 2.05. The van der Waals surface area contributed by atoms with Gasteiger partial charge in [-0.25, -0.2) is 0 Å². The quantitative estimate of drug-likeness (QED) is 0.254. The first-order valence-electron chi connectivity index (χ1n) is 5.55. The summed E-state index contributed by atoms with van der Waals surface area (Å²) in [4.78, 5) is 0. The van der Waals surface area contributed by atoms with Crippen molar-refractivity contribution in [3.63, 3.8) is 0 Å². The van der Waals surface area contributed by atoms with Gasteiger partial charge in [-0.05, 0) is 19.3 Å². The van der Waals surface area contributed by atoms with Crippen LogP contribution in [0, 0.1) is 0 Å².